The van der Waals surface area contributed by atoms with Crippen LogP contribution < -0.4 is 16.4 Å². The average Bonchev–Trinajstić information content (AvgIpc) is 3.32. The topological polar surface area (TPSA) is 168 Å². The summed E-state index contributed by atoms with van der Waals surface area (Å²) in [6, 6.07) is 19.4. The second kappa shape index (κ2) is 11.1. The second-order valence-electron chi connectivity index (χ2n) is 8.23. The lowest BCUT2D eigenvalue weighted by molar-refractivity contribution is -0.139. The molecule has 37 heavy (non-hydrogen) atoms. The first kappa shape index (κ1) is 25.0. The van der Waals surface area contributed by atoms with E-state index in [4.69, 9.17) is 20.3 Å². The van der Waals surface area contributed by atoms with Crippen LogP contribution in [0, 0.1) is 5.41 Å². The summed E-state index contributed by atoms with van der Waals surface area (Å²) in [5, 5.41) is 23.4. The van der Waals surface area contributed by atoms with Gasteiger partial charge in [0, 0.05) is 28.4 Å². The molecule has 0 fully saturated rings. The van der Waals surface area contributed by atoms with Gasteiger partial charge in [-0.2, -0.15) is 0 Å². The molecule has 10 nitrogen and oxygen atoms in total. The minimum Gasteiger partial charge on any atom is -0.480 e. The maximum Gasteiger partial charge on any atom is 0.408 e. The minimum atomic E-state index is -1.20. The van der Waals surface area contributed by atoms with Crippen LogP contribution in [0.5, 0.6) is 0 Å². The van der Waals surface area contributed by atoms with Gasteiger partial charge in [-0.15, -0.1) is 0 Å². The van der Waals surface area contributed by atoms with E-state index in [1.807, 2.05) is 18.2 Å². The molecular formula is C27H24N4O6. The predicted octanol–water partition coefficient (Wildman–Crippen LogP) is 3.89. The molecule has 0 saturated carbocycles. The van der Waals surface area contributed by atoms with Crippen molar-refractivity contribution in [1.29, 1.82) is 5.41 Å². The van der Waals surface area contributed by atoms with Gasteiger partial charge in [0.1, 0.15) is 18.5 Å². The van der Waals surface area contributed by atoms with Gasteiger partial charge >= 0.3 is 12.1 Å². The van der Waals surface area contributed by atoms with Crippen LogP contribution in [0.25, 0.3) is 10.8 Å². The lowest BCUT2D eigenvalue weighted by atomic mass is 10.1. The third kappa shape index (κ3) is 6.31. The van der Waals surface area contributed by atoms with Crippen molar-refractivity contribution >= 4 is 40.3 Å². The third-order valence-corrected chi connectivity index (χ3v) is 5.57. The normalized spacial score (nSPS) is 11.5. The number of furan rings is 1. The van der Waals surface area contributed by atoms with Gasteiger partial charge in [-0.25, -0.2) is 9.59 Å². The molecule has 0 saturated heterocycles. The number of carbonyl (C=O) groups is 3. The Morgan fingerprint density at radius 3 is 2.41 bits per heavy atom. The van der Waals surface area contributed by atoms with Gasteiger partial charge in [0.15, 0.2) is 5.76 Å². The van der Waals surface area contributed by atoms with Crippen molar-refractivity contribution in [2.24, 2.45) is 5.73 Å². The number of aliphatic carboxylic acids is 1. The number of hydrogen-bond acceptors (Lipinski definition) is 6. The van der Waals surface area contributed by atoms with Gasteiger partial charge in [0.25, 0.3) is 5.91 Å². The molecule has 4 rings (SSSR count). The summed E-state index contributed by atoms with van der Waals surface area (Å²) < 4.78 is 10.5. The molecule has 188 valence electrons. The van der Waals surface area contributed by atoms with Gasteiger partial charge in [0.2, 0.25) is 0 Å². The van der Waals surface area contributed by atoms with Crippen LogP contribution in [0.4, 0.5) is 10.5 Å². The zero-order valence-corrected chi connectivity index (χ0v) is 19.6. The van der Waals surface area contributed by atoms with E-state index in [1.54, 1.807) is 54.6 Å². The van der Waals surface area contributed by atoms with Crippen molar-refractivity contribution in [3.05, 3.63) is 102 Å². The van der Waals surface area contributed by atoms with Gasteiger partial charge in [-0.05, 0) is 35.4 Å². The number of nitrogens with two attached hydrogens (primary N) is 1. The molecular weight excluding hydrogens is 476 g/mol. The Morgan fingerprint density at radius 1 is 1.00 bits per heavy atom. The van der Waals surface area contributed by atoms with Gasteiger partial charge in [-0.1, -0.05) is 48.5 Å². The summed E-state index contributed by atoms with van der Waals surface area (Å²) in [5.74, 6) is -1.65. The molecule has 0 unspecified atom stereocenters. The van der Waals surface area contributed by atoms with Crippen LogP contribution in [0.2, 0.25) is 0 Å². The number of ether oxygens (including phenoxy) is 1. The number of amidine groups is 1. The average molecular weight is 501 g/mol. The van der Waals surface area contributed by atoms with Crippen LogP contribution in [-0.2, 0) is 22.6 Å². The minimum absolute atomic E-state index is 0.0191. The largest absolute Gasteiger partial charge is 0.480 e. The van der Waals surface area contributed by atoms with E-state index in [1.165, 1.54) is 6.26 Å². The molecule has 4 aromatic rings. The van der Waals surface area contributed by atoms with E-state index in [2.05, 4.69) is 10.6 Å². The molecule has 1 aromatic heterocycles. The number of anilines is 1. The molecule has 0 aliphatic rings. The zero-order valence-electron chi connectivity index (χ0n) is 19.6. The number of alkyl carbamates (subject to hydrolysis) is 1. The SMILES string of the molecule is N=C(N)c1ccc2c(C(=O)Nc3ccc(C[C@H](NC(=O)OCc4ccccc4)C(=O)O)cc3)occ2c1. The maximum absolute atomic E-state index is 12.7. The number of carboxylic acid groups (broad SMARTS) is 1. The van der Waals surface area contributed by atoms with E-state index < -0.39 is 24.0 Å². The Hall–Kier alpha value is -5.12. The summed E-state index contributed by atoms with van der Waals surface area (Å²) >= 11 is 0. The first-order valence-corrected chi connectivity index (χ1v) is 11.3. The van der Waals surface area contributed by atoms with E-state index in [0.717, 1.165) is 5.56 Å². The first-order chi connectivity index (χ1) is 17.8. The second-order valence-corrected chi connectivity index (χ2v) is 8.23. The Bertz CT molecular complexity index is 1450. The fourth-order valence-electron chi connectivity index (χ4n) is 3.65. The van der Waals surface area contributed by atoms with Crippen LogP contribution >= 0.6 is 0 Å². The molecule has 1 heterocycles. The van der Waals surface area contributed by atoms with Crippen molar-refractivity contribution in [2.75, 3.05) is 5.32 Å². The van der Waals surface area contributed by atoms with Crippen molar-refractivity contribution in [2.45, 2.75) is 19.1 Å². The summed E-state index contributed by atoms with van der Waals surface area (Å²) in [4.78, 5) is 36.5. The highest BCUT2D eigenvalue weighted by Gasteiger charge is 2.21. The fraction of sp³-hybridized carbons (Fsp3) is 0.111. The smallest absolute Gasteiger partial charge is 0.408 e. The fourth-order valence-corrected chi connectivity index (χ4v) is 3.65. The summed E-state index contributed by atoms with van der Waals surface area (Å²) in [7, 11) is 0. The Labute approximate surface area is 211 Å². The van der Waals surface area contributed by atoms with Crippen molar-refractivity contribution in [3.8, 4) is 0 Å². The van der Waals surface area contributed by atoms with Gasteiger partial charge < -0.3 is 30.6 Å². The maximum atomic E-state index is 12.7. The summed E-state index contributed by atoms with van der Waals surface area (Å²) in [6.45, 7) is 0.0241. The molecule has 0 radical (unpaired) electrons. The summed E-state index contributed by atoms with van der Waals surface area (Å²) in [6.07, 6.45) is 0.607. The van der Waals surface area contributed by atoms with Gasteiger partial charge in [0.05, 0.1) is 6.26 Å². The van der Waals surface area contributed by atoms with Crippen LogP contribution in [0.15, 0.2) is 83.5 Å². The quantitative estimate of drug-likeness (QED) is 0.172. The van der Waals surface area contributed by atoms with E-state index in [9.17, 15) is 19.5 Å². The number of carboxylic acids is 1. The molecule has 6 N–H and O–H groups in total. The van der Waals surface area contributed by atoms with Crippen LogP contribution in [0.3, 0.4) is 0 Å². The summed E-state index contributed by atoms with van der Waals surface area (Å²) in [5.41, 5.74) is 7.92. The number of nitrogens with one attached hydrogen (secondary N) is 3. The monoisotopic (exact) mass is 500 g/mol. The van der Waals surface area contributed by atoms with E-state index >= 15 is 0 Å². The third-order valence-electron chi connectivity index (χ3n) is 5.57. The molecule has 0 bridgehead atoms. The Kier molecular flexibility index (Phi) is 7.48. The van der Waals surface area contributed by atoms with Crippen molar-refractivity contribution in [3.63, 3.8) is 0 Å². The lowest BCUT2D eigenvalue weighted by Gasteiger charge is -2.15. The van der Waals surface area contributed by atoms with Crippen LogP contribution in [0.1, 0.15) is 27.2 Å². The highest BCUT2D eigenvalue weighted by atomic mass is 16.5. The number of nitrogen functional groups attached to an aromatic ring is 1. The van der Waals surface area contributed by atoms with E-state index in [-0.39, 0.29) is 24.6 Å². The standard InChI is InChI=1S/C27H24N4O6/c28-24(29)18-8-11-21-19(13-18)15-36-23(21)25(32)30-20-9-6-16(7-10-20)12-22(26(33)34)31-27(35)37-14-17-4-2-1-3-5-17/h1-11,13,15,22H,12,14H2,(H3,28,29)(H,30,32)(H,31,35)(H,33,34)/t22-/m0/s1. The Morgan fingerprint density at radius 2 is 1.73 bits per heavy atom. The number of amides is 2. The van der Waals surface area contributed by atoms with Crippen molar-refractivity contribution in [1.82, 2.24) is 5.32 Å². The number of fused-ring (bicyclic) bond motifs is 1. The number of rotatable bonds is 9. The first-order valence-electron chi connectivity index (χ1n) is 11.3. The molecule has 0 aliphatic heterocycles. The number of benzene rings is 3. The number of hydrogen-bond donors (Lipinski definition) is 5. The van der Waals surface area contributed by atoms with Crippen molar-refractivity contribution < 1.29 is 28.6 Å². The predicted molar refractivity (Wildman–Crippen MR) is 137 cm³/mol. The van der Waals surface area contributed by atoms with E-state index in [0.29, 0.717) is 27.6 Å². The molecule has 1 atom stereocenters. The lowest BCUT2D eigenvalue weighted by Crippen LogP contribution is -2.42. The molecule has 3 aromatic carbocycles. The molecule has 10 heteroatoms. The van der Waals surface area contributed by atoms with Gasteiger partial charge in [-0.3, -0.25) is 10.2 Å². The molecule has 2 amide bonds. The number of carbonyl (C=O) groups excluding carboxylic acids is 2. The molecule has 0 aliphatic carbocycles. The highest BCUT2D eigenvalue weighted by molar-refractivity contribution is 6.12. The van der Waals surface area contributed by atoms with Crippen LogP contribution in [-0.4, -0.2) is 35.0 Å². The Balaban J connectivity index is 1.35. The molecule has 0 spiro atoms. The zero-order chi connectivity index (χ0) is 26.4. The highest BCUT2D eigenvalue weighted by Crippen LogP contribution is 2.24.